The molecule has 39 heavy (non-hydrogen) atoms. The van der Waals surface area contributed by atoms with Gasteiger partial charge in [0.05, 0.1) is 22.7 Å². The van der Waals surface area contributed by atoms with Crippen molar-refractivity contribution in [2.75, 3.05) is 18.4 Å². The molecule has 0 saturated carbocycles. The van der Waals surface area contributed by atoms with E-state index in [1.165, 1.54) is 0 Å². The molecule has 2 amide bonds. The van der Waals surface area contributed by atoms with Crippen LogP contribution >= 0.6 is 0 Å². The number of benzene rings is 2. The SMILES string of the molecule is C=CC1CN2CCC1CC2C(NC(=O)Nc1cc(C(F)(F)F)cc(C(F)(F)F)c1)c1ccnc2ccccc12. The van der Waals surface area contributed by atoms with Gasteiger partial charge in [-0.2, -0.15) is 26.3 Å². The van der Waals surface area contributed by atoms with Crippen molar-refractivity contribution in [3.8, 4) is 0 Å². The second-order valence-corrected chi connectivity index (χ2v) is 10.0. The molecule has 3 aromatic rings. The molecule has 0 aliphatic carbocycles. The average Bonchev–Trinajstić information content (AvgIpc) is 2.90. The Hall–Kier alpha value is -3.60. The fourth-order valence-corrected chi connectivity index (χ4v) is 5.83. The van der Waals surface area contributed by atoms with Gasteiger partial charge in [0.25, 0.3) is 0 Å². The maximum atomic E-state index is 13.3. The Kier molecular flexibility index (Phi) is 7.04. The zero-order valence-corrected chi connectivity index (χ0v) is 20.7. The zero-order chi connectivity index (χ0) is 27.9. The number of nitrogens with one attached hydrogen (secondary N) is 2. The molecule has 0 spiro atoms. The number of anilines is 1. The predicted octanol–water partition coefficient (Wildman–Crippen LogP) is 7.03. The summed E-state index contributed by atoms with van der Waals surface area (Å²) in [4.78, 5) is 19.8. The summed E-state index contributed by atoms with van der Waals surface area (Å²) in [5.41, 5.74) is -2.14. The van der Waals surface area contributed by atoms with Crippen LogP contribution in [0.3, 0.4) is 0 Å². The molecule has 1 aromatic heterocycles. The van der Waals surface area contributed by atoms with Crippen molar-refractivity contribution in [2.45, 2.75) is 37.3 Å². The number of fused-ring (bicyclic) bond motifs is 4. The smallest absolute Gasteiger partial charge is 0.329 e. The van der Waals surface area contributed by atoms with E-state index in [-0.39, 0.29) is 12.1 Å². The van der Waals surface area contributed by atoms with E-state index in [1.807, 2.05) is 30.3 Å². The van der Waals surface area contributed by atoms with Crippen molar-refractivity contribution in [1.82, 2.24) is 15.2 Å². The molecule has 5 unspecified atom stereocenters. The van der Waals surface area contributed by atoms with E-state index in [9.17, 15) is 31.1 Å². The van der Waals surface area contributed by atoms with Gasteiger partial charge in [0.1, 0.15) is 0 Å². The number of carbonyl (C=O) groups excluding carboxylic acids is 1. The number of pyridine rings is 1. The van der Waals surface area contributed by atoms with Crippen LogP contribution in [0.25, 0.3) is 10.9 Å². The number of piperidine rings is 3. The van der Waals surface area contributed by atoms with Crippen LogP contribution in [0, 0.1) is 11.8 Å². The zero-order valence-electron chi connectivity index (χ0n) is 20.7. The summed E-state index contributed by atoms with van der Waals surface area (Å²) in [6.45, 7) is 5.51. The Morgan fingerprint density at radius 2 is 1.74 bits per heavy atom. The maximum Gasteiger partial charge on any atom is 0.416 e. The molecule has 5 nitrogen and oxygen atoms in total. The monoisotopic (exact) mass is 548 g/mol. The summed E-state index contributed by atoms with van der Waals surface area (Å²) in [5, 5.41) is 5.89. The molecule has 6 rings (SSSR count). The van der Waals surface area contributed by atoms with Gasteiger partial charge in [-0.1, -0.05) is 24.3 Å². The summed E-state index contributed by atoms with van der Waals surface area (Å²) in [7, 11) is 0. The van der Waals surface area contributed by atoms with E-state index in [0.29, 0.717) is 29.5 Å². The number of carbonyl (C=O) groups is 1. The standard InChI is InChI=1S/C28H26F6N4O/c1-2-16-15-38-10-8-17(16)11-24(38)25(22-7-9-35-23-6-4-3-5-21(22)23)37-26(39)36-20-13-18(27(29,30)31)12-19(14-20)28(32,33)34/h2-7,9,12-14,16-17,24-25H,1,8,10-11,15H2,(H2,36,37,39). The largest absolute Gasteiger partial charge is 0.416 e. The van der Waals surface area contributed by atoms with Gasteiger partial charge >= 0.3 is 18.4 Å². The maximum absolute atomic E-state index is 13.3. The lowest BCUT2D eigenvalue weighted by Crippen LogP contribution is -2.57. The molecule has 206 valence electrons. The summed E-state index contributed by atoms with van der Waals surface area (Å²) in [6.07, 6.45) is -4.76. The molecular weight excluding hydrogens is 522 g/mol. The molecule has 5 atom stereocenters. The van der Waals surface area contributed by atoms with Gasteiger partial charge in [0.15, 0.2) is 0 Å². The van der Waals surface area contributed by atoms with Gasteiger partial charge in [0.2, 0.25) is 0 Å². The van der Waals surface area contributed by atoms with Crippen molar-refractivity contribution in [3.63, 3.8) is 0 Å². The minimum Gasteiger partial charge on any atom is -0.329 e. The van der Waals surface area contributed by atoms with Gasteiger partial charge < -0.3 is 10.6 Å². The van der Waals surface area contributed by atoms with Crippen molar-refractivity contribution >= 4 is 22.6 Å². The highest BCUT2D eigenvalue weighted by atomic mass is 19.4. The molecule has 0 radical (unpaired) electrons. The number of halogens is 6. The molecular formula is C28H26F6N4O. The molecule has 2 aromatic carbocycles. The van der Waals surface area contributed by atoms with Crippen LogP contribution in [0.15, 0.2) is 67.4 Å². The number of nitrogens with zero attached hydrogens (tertiary/aromatic N) is 2. The number of hydrogen-bond donors (Lipinski definition) is 2. The quantitative estimate of drug-likeness (QED) is 0.266. The van der Waals surface area contributed by atoms with E-state index >= 15 is 0 Å². The van der Waals surface area contributed by atoms with Gasteiger partial charge in [-0.3, -0.25) is 9.88 Å². The highest BCUT2D eigenvalue weighted by Gasteiger charge is 2.43. The van der Waals surface area contributed by atoms with Crippen LogP contribution in [0.4, 0.5) is 36.8 Å². The van der Waals surface area contributed by atoms with E-state index in [0.717, 1.165) is 36.9 Å². The fraction of sp³-hybridized carbons (Fsp3) is 0.357. The van der Waals surface area contributed by atoms with Crippen molar-refractivity contribution in [1.29, 1.82) is 0 Å². The van der Waals surface area contributed by atoms with E-state index in [1.54, 1.807) is 12.3 Å². The lowest BCUT2D eigenvalue weighted by atomic mass is 9.73. The minimum absolute atomic E-state index is 0.0249. The van der Waals surface area contributed by atoms with Crippen molar-refractivity contribution in [3.05, 3.63) is 84.1 Å². The minimum atomic E-state index is -5.02. The molecule has 2 N–H and O–H groups in total. The number of para-hydroxylation sites is 1. The first-order valence-electron chi connectivity index (χ1n) is 12.5. The third-order valence-corrected chi connectivity index (χ3v) is 7.69. The van der Waals surface area contributed by atoms with Crippen LogP contribution in [-0.2, 0) is 12.4 Å². The molecule has 2 bridgehead atoms. The first-order valence-corrected chi connectivity index (χ1v) is 12.5. The molecule has 3 fully saturated rings. The number of amides is 2. The number of alkyl halides is 6. The summed E-state index contributed by atoms with van der Waals surface area (Å²) in [5.74, 6) is 0.667. The van der Waals surface area contributed by atoms with Crippen LogP contribution in [-0.4, -0.2) is 35.0 Å². The van der Waals surface area contributed by atoms with E-state index < -0.39 is 41.2 Å². The highest BCUT2D eigenvalue weighted by Crippen LogP contribution is 2.42. The fourth-order valence-electron chi connectivity index (χ4n) is 5.83. The van der Waals surface area contributed by atoms with Crippen LogP contribution in [0.2, 0.25) is 0 Å². The molecule has 4 heterocycles. The molecule has 3 saturated heterocycles. The topological polar surface area (TPSA) is 57.3 Å². The Morgan fingerprint density at radius 3 is 2.36 bits per heavy atom. The normalized spacial score (nSPS) is 23.8. The Balaban J connectivity index is 1.48. The Bertz CT molecular complexity index is 1350. The summed E-state index contributed by atoms with van der Waals surface area (Å²) in [6, 6.07) is 8.53. The highest BCUT2D eigenvalue weighted by molar-refractivity contribution is 5.91. The number of aromatic nitrogens is 1. The first kappa shape index (κ1) is 27.0. The van der Waals surface area contributed by atoms with Gasteiger partial charge in [-0.15, -0.1) is 6.58 Å². The second kappa shape index (κ2) is 10.2. The molecule has 11 heteroatoms. The summed E-state index contributed by atoms with van der Waals surface area (Å²) >= 11 is 0. The van der Waals surface area contributed by atoms with E-state index in [2.05, 4.69) is 27.1 Å². The third kappa shape index (κ3) is 5.59. The molecule has 3 aliphatic rings. The predicted molar refractivity (Wildman–Crippen MR) is 135 cm³/mol. The average molecular weight is 549 g/mol. The second-order valence-electron chi connectivity index (χ2n) is 10.0. The Morgan fingerprint density at radius 1 is 1.05 bits per heavy atom. The first-order chi connectivity index (χ1) is 18.4. The summed E-state index contributed by atoms with van der Waals surface area (Å²) < 4.78 is 80.0. The van der Waals surface area contributed by atoms with Crippen LogP contribution in [0.1, 0.15) is 35.6 Å². The lowest BCUT2D eigenvalue weighted by molar-refractivity contribution is -0.143. The number of rotatable bonds is 5. The van der Waals surface area contributed by atoms with Gasteiger partial charge in [0, 0.05) is 29.9 Å². The number of hydrogen-bond acceptors (Lipinski definition) is 3. The van der Waals surface area contributed by atoms with E-state index in [4.69, 9.17) is 0 Å². The van der Waals surface area contributed by atoms with Crippen molar-refractivity contribution in [2.24, 2.45) is 11.8 Å². The molecule has 3 aliphatic heterocycles. The van der Waals surface area contributed by atoms with Crippen LogP contribution in [0.5, 0.6) is 0 Å². The van der Waals surface area contributed by atoms with Gasteiger partial charge in [-0.25, -0.2) is 4.79 Å². The Labute approximate surface area is 220 Å². The lowest BCUT2D eigenvalue weighted by Gasteiger charge is -2.51. The van der Waals surface area contributed by atoms with Gasteiger partial charge in [-0.05, 0) is 67.1 Å². The number of urea groups is 1. The third-order valence-electron chi connectivity index (χ3n) is 7.69. The van der Waals surface area contributed by atoms with Crippen molar-refractivity contribution < 1.29 is 31.1 Å². The van der Waals surface area contributed by atoms with Crippen LogP contribution < -0.4 is 10.6 Å².